The third kappa shape index (κ3) is 4.39. The number of amides is 2. The van der Waals surface area contributed by atoms with E-state index in [1.807, 2.05) is 13.2 Å². The fourth-order valence-electron chi connectivity index (χ4n) is 1.93. The first-order chi connectivity index (χ1) is 8.05. The summed E-state index contributed by atoms with van der Waals surface area (Å²) in [6, 6.07) is 0.0431. The topological polar surface area (TPSA) is 61.4 Å². The van der Waals surface area contributed by atoms with Crippen LogP contribution in [0.2, 0.25) is 0 Å². The van der Waals surface area contributed by atoms with Crippen molar-refractivity contribution in [3.8, 4) is 0 Å². The van der Waals surface area contributed by atoms with Gasteiger partial charge in [0.1, 0.15) is 0 Å². The average molecular weight is 260 g/mol. The molecule has 0 radical (unpaired) electrons. The van der Waals surface area contributed by atoms with Gasteiger partial charge in [0.15, 0.2) is 0 Å². The second-order valence-electron chi connectivity index (χ2n) is 5.01. The maximum atomic E-state index is 11.9. The smallest absolute Gasteiger partial charge is 0.315 e. The van der Waals surface area contributed by atoms with Gasteiger partial charge in [-0.1, -0.05) is 6.92 Å². The van der Waals surface area contributed by atoms with Gasteiger partial charge in [0.2, 0.25) is 0 Å². The highest BCUT2D eigenvalue weighted by Gasteiger charge is 2.42. The summed E-state index contributed by atoms with van der Waals surface area (Å²) in [4.78, 5) is 11.9. The van der Waals surface area contributed by atoms with Crippen molar-refractivity contribution in [2.45, 2.75) is 44.7 Å². The van der Waals surface area contributed by atoms with Crippen LogP contribution in [0.25, 0.3) is 0 Å². The zero-order chi connectivity index (χ0) is 12.9. The van der Waals surface area contributed by atoms with Crippen molar-refractivity contribution < 1.29 is 9.90 Å². The number of carbonyl (C=O) groups is 1. The van der Waals surface area contributed by atoms with Gasteiger partial charge in [0.25, 0.3) is 0 Å². The molecule has 2 unspecified atom stereocenters. The Hall–Kier alpha value is -0.420. The van der Waals surface area contributed by atoms with Crippen molar-refractivity contribution in [2.75, 3.05) is 18.6 Å². The third-order valence-electron chi connectivity index (χ3n) is 3.40. The first-order valence-electron chi connectivity index (χ1n) is 6.24. The molecule has 1 aliphatic carbocycles. The number of urea groups is 1. The summed E-state index contributed by atoms with van der Waals surface area (Å²) in [7, 11) is 0. The lowest BCUT2D eigenvalue weighted by Gasteiger charge is -2.30. The summed E-state index contributed by atoms with van der Waals surface area (Å²) in [5.41, 5.74) is -0.457. The minimum Gasteiger partial charge on any atom is -0.394 e. The van der Waals surface area contributed by atoms with Crippen LogP contribution in [0.1, 0.15) is 33.1 Å². The molecule has 2 atom stereocenters. The van der Waals surface area contributed by atoms with E-state index in [9.17, 15) is 9.90 Å². The SMILES string of the molecule is CCC(CSC)NC(=O)NC(C)(CO)C1CC1. The van der Waals surface area contributed by atoms with Crippen molar-refractivity contribution in [1.82, 2.24) is 10.6 Å². The second-order valence-corrected chi connectivity index (χ2v) is 5.92. The summed E-state index contributed by atoms with van der Waals surface area (Å²) in [5, 5.41) is 15.3. The van der Waals surface area contributed by atoms with Crippen LogP contribution in [0.3, 0.4) is 0 Å². The predicted octanol–water partition coefficient (Wildman–Crippen LogP) is 1.59. The molecule has 17 heavy (non-hydrogen) atoms. The van der Waals surface area contributed by atoms with Crippen LogP contribution < -0.4 is 10.6 Å². The van der Waals surface area contributed by atoms with Crippen LogP contribution in [0.4, 0.5) is 4.79 Å². The van der Waals surface area contributed by atoms with Crippen LogP contribution >= 0.6 is 11.8 Å². The molecule has 1 fully saturated rings. The van der Waals surface area contributed by atoms with E-state index in [0.717, 1.165) is 25.0 Å². The van der Waals surface area contributed by atoms with Crippen molar-refractivity contribution in [1.29, 1.82) is 0 Å². The summed E-state index contributed by atoms with van der Waals surface area (Å²) in [6.45, 7) is 3.98. The minimum atomic E-state index is -0.457. The molecule has 0 aliphatic heterocycles. The van der Waals surface area contributed by atoms with Crippen molar-refractivity contribution in [3.63, 3.8) is 0 Å². The van der Waals surface area contributed by atoms with E-state index in [1.165, 1.54) is 0 Å². The van der Waals surface area contributed by atoms with Gasteiger partial charge in [-0.2, -0.15) is 11.8 Å². The molecule has 0 saturated heterocycles. The molecular formula is C12H24N2O2S. The van der Waals surface area contributed by atoms with Crippen LogP contribution in [-0.4, -0.2) is 41.3 Å². The minimum absolute atomic E-state index is 0.00437. The molecule has 1 aliphatic rings. The molecule has 1 saturated carbocycles. The number of hydrogen-bond donors (Lipinski definition) is 3. The fourth-order valence-corrected chi connectivity index (χ4v) is 2.66. The van der Waals surface area contributed by atoms with Gasteiger partial charge < -0.3 is 15.7 Å². The van der Waals surface area contributed by atoms with E-state index < -0.39 is 5.54 Å². The lowest BCUT2D eigenvalue weighted by atomic mass is 9.97. The molecular weight excluding hydrogens is 236 g/mol. The van der Waals surface area contributed by atoms with Gasteiger partial charge in [-0.25, -0.2) is 4.79 Å². The molecule has 0 aromatic carbocycles. The molecule has 2 amide bonds. The van der Waals surface area contributed by atoms with Crippen LogP contribution in [0.5, 0.6) is 0 Å². The monoisotopic (exact) mass is 260 g/mol. The molecule has 1 rings (SSSR count). The van der Waals surface area contributed by atoms with Crippen molar-refractivity contribution >= 4 is 17.8 Å². The molecule has 0 spiro atoms. The standard InChI is InChI=1S/C12H24N2O2S/c1-4-10(7-17-3)13-11(16)14-12(2,8-15)9-5-6-9/h9-10,15H,4-8H2,1-3H3,(H2,13,14,16). The van der Waals surface area contributed by atoms with E-state index in [4.69, 9.17) is 0 Å². The van der Waals surface area contributed by atoms with Crippen molar-refractivity contribution in [2.24, 2.45) is 5.92 Å². The molecule has 100 valence electrons. The van der Waals surface area contributed by atoms with Gasteiger partial charge in [-0.05, 0) is 38.4 Å². The van der Waals surface area contributed by atoms with Gasteiger partial charge in [0.05, 0.1) is 12.1 Å². The van der Waals surface area contributed by atoms with E-state index in [-0.39, 0.29) is 18.7 Å². The largest absolute Gasteiger partial charge is 0.394 e. The number of hydrogen-bond acceptors (Lipinski definition) is 3. The summed E-state index contributed by atoms with van der Waals surface area (Å²) >= 11 is 1.73. The zero-order valence-corrected chi connectivity index (χ0v) is 11.8. The van der Waals surface area contributed by atoms with E-state index in [1.54, 1.807) is 11.8 Å². The summed E-state index contributed by atoms with van der Waals surface area (Å²) < 4.78 is 0. The van der Waals surface area contributed by atoms with Crippen LogP contribution in [-0.2, 0) is 0 Å². The van der Waals surface area contributed by atoms with Gasteiger partial charge >= 0.3 is 6.03 Å². The Labute approximate surface area is 108 Å². The molecule has 0 heterocycles. The zero-order valence-electron chi connectivity index (χ0n) is 11.0. The third-order valence-corrected chi connectivity index (χ3v) is 4.14. The Balaban J connectivity index is 2.41. The van der Waals surface area contributed by atoms with E-state index >= 15 is 0 Å². The maximum Gasteiger partial charge on any atom is 0.315 e. The summed E-state index contributed by atoms with van der Waals surface area (Å²) in [5.74, 6) is 1.35. The Morgan fingerprint density at radius 1 is 1.59 bits per heavy atom. The Morgan fingerprint density at radius 2 is 2.24 bits per heavy atom. The lowest BCUT2D eigenvalue weighted by molar-refractivity contribution is 0.154. The molecule has 0 aromatic rings. The average Bonchev–Trinajstić information content (AvgIpc) is 3.12. The number of carbonyl (C=O) groups excluding carboxylic acids is 1. The first kappa shape index (κ1) is 14.6. The first-order valence-corrected chi connectivity index (χ1v) is 7.63. The van der Waals surface area contributed by atoms with Gasteiger partial charge in [-0.15, -0.1) is 0 Å². The van der Waals surface area contributed by atoms with Gasteiger partial charge in [-0.3, -0.25) is 0 Å². The Kier molecular flexibility index (Phi) is 5.59. The molecule has 0 bridgehead atoms. The van der Waals surface area contributed by atoms with Crippen LogP contribution in [0.15, 0.2) is 0 Å². The quantitative estimate of drug-likeness (QED) is 0.651. The second kappa shape index (κ2) is 6.50. The maximum absolute atomic E-state index is 11.9. The molecule has 3 N–H and O–H groups in total. The normalized spacial score (nSPS) is 20.5. The predicted molar refractivity (Wildman–Crippen MR) is 72.3 cm³/mol. The highest BCUT2D eigenvalue weighted by Crippen LogP contribution is 2.39. The Bertz CT molecular complexity index is 259. The number of nitrogens with one attached hydrogen (secondary N) is 2. The fraction of sp³-hybridized carbons (Fsp3) is 0.917. The summed E-state index contributed by atoms with van der Waals surface area (Å²) in [6.07, 6.45) is 5.15. The number of thioether (sulfide) groups is 1. The highest BCUT2D eigenvalue weighted by atomic mass is 32.2. The number of aliphatic hydroxyl groups excluding tert-OH is 1. The van der Waals surface area contributed by atoms with Crippen molar-refractivity contribution in [3.05, 3.63) is 0 Å². The highest BCUT2D eigenvalue weighted by molar-refractivity contribution is 7.98. The Morgan fingerprint density at radius 3 is 2.65 bits per heavy atom. The van der Waals surface area contributed by atoms with E-state index in [2.05, 4.69) is 17.6 Å². The van der Waals surface area contributed by atoms with Gasteiger partial charge in [0, 0.05) is 11.8 Å². The van der Waals surface area contributed by atoms with E-state index in [0.29, 0.717) is 5.92 Å². The molecule has 4 nitrogen and oxygen atoms in total. The molecule has 5 heteroatoms. The van der Waals surface area contributed by atoms with Crippen LogP contribution in [0, 0.1) is 5.92 Å². The number of aliphatic hydroxyl groups is 1. The lowest BCUT2D eigenvalue weighted by Crippen LogP contribution is -2.56. The number of rotatable bonds is 7. The molecule has 0 aromatic heterocycles.